The lowest BCUT2D eigenvalue weighted by Crippen LogP contribution is -2.13. The first-order chi connectivity index (χ1) is 13.7. The SMILES string of the molecule is Cn1cnnc1SCCc1nnc(SCC(=O)Nc2nc3ccccc3s2)o1. The predicted molar refractivity (Wildman–Crippen MR) is 109 cm³/mol. The Morgan fingerprint density at radius 1 is 1.25 bits per heavy atom. The van der Waals surface area contributed by atoms with Crippen LogP contribution in [0, 0.1) is 0 Å². The number of nitrogens with one attached hydrogen (secondary N) is 1. The zero-order chi connectivity index (χ0) is 19.3. The highest BCUT2D eigenvalue weighted by molar-refractivity contribution is 7.99. The van der Waals surface area contributed by atoms with E-state index in [0.29, 0.717) is 22.7 Å². The monoisotopic (exact) mass is 433 g/mol. The van der Waals surface area contributed by atoms with Crippen molar-refractivity contribution in [3.63, 3.8) is 0 Å². The van der Waals surface area contributed by atoms with Crippen molar-refractivity contribution in [2.24, 2.45) is 7.05 Å². The molecule has 0 aliphatic rings. The molecule has 9 nitrogen and oxygen atoms in total. The molecule has 1 aromatic carbocycles. The van der Waals surface area contributed by atoms with E-state index in [-0.39, 0.29) is 11.7 Å². The zero-order valence-corrected chi connectivity index (χ0v) is 17.2. The van der Waals surface area contributed by atoms with E-state index in [1.165, 1.54) is 23.1 Å². The van der Waals surface area contributed by atoms with Crippen LogP contribution in [0.2, 0.25) is 0 Å². The molecular formula is C16H15N7O2S3. The Balaban J connectivity index is 1.23. The molecule has 0 unspecified atom stereocenters. The summed E-state index contributed by atoms with van der Waals surface area (Å²) in [7, 11) is 1.89. The third kappa shape index (κ3) is 4.69. The molecule has 3 aromatic heterocycles. The van der Waals surface area contributed by atoms with Gasteiger partial charge >= 0.3 is 0 Å². The molecule has 0 atom stereocenters. The first-order valence-electron chi connectivity index (χ1n) is 8.25. The van der Waals surface area contributed by atoms with Gasteiger partial charge in [-0.15, -0.1) is 20.4 Å². The van der Waals surface area contributed by atoms with Crippen molar-refractivity contribution in [3.05, 3.63) is 36.5 Å². The summed E-state index contributed by atoms with van der Waals surface area (Å²) in [6, 6.07) is 7.75. The minimum absolute atomic E-state index is 0.165. The number of thioether (sulfide) groups is 2. The molecule has 0 spiro atoms. The van der Waals surface area contributed by atoms with Crippen LogP contribution >= 0.6 is 34.9 Å². The average Bonchev–Trinajstić information content (AvgIpc) is 3.40. The number of aryl methyl sites for hydroxylation is 2. The first kappa shape index (κ1) is 18.9. The molecule has 12 heteroatoms. The molecular weight excluding hydrogens is 418 g/mol. The van der Waals surface area contributed by atoms with E-state index in [2.05, 4.69) is 30.7 Å². The molecule has 0 saturated heterocycles. The van der Waals surface area contributed by atoms with E-state index < -0.39 is 0 Å². The van der Waals surface area contributed by atoms with Crippen molar-refractivity contribution in [2.75, 3.05) is 16.8 Å². The van der Waals surface area contributed by atoms with Crippen molar-refractivity contribution in [1.82, 2.24) is 29.9 Å². The van der Waals surface area contributed by atoms with Gasteiger partial charge in [-0.3, -0.25) is 4.79 Å². The molecule has 28 heavy (non-hydrogen) atoms. The Morgan fingerprint density at radius 2 is 2.14 bits per heavy atom. The molecule has 0 fully saturated rings. The summed E-state index contributed by atoms with van der Waals surface area (Å²) in [5, 5.41) is 20.4. The lowest BCUT2D eigenvalue weighted by atomic mass is 10.3. The van der Waals surface area contributed by atoms with Gasteiger partial charge in [0.2, 0.25) is 11.8 Å². The fourth-order valence-electron chi connectivity index (χ4n) is 2.24. The Bertz CT molecular complexity index is 1060. The lowest BCUT2D eigenvalue weighted by Gasteiger charge is -1.99. The maximum atomic E-state index is 12.1. The lowest BCUT2D eigenvalue weighted by molar-refractivity contribution is -0.113. The number of carbonyl (C=O) groups excluding carboxylic acids is 1. The second-order valence-corrected chi connectivity index (χ2v) is 8.63. The van der Waals surface area contributed by atoms with Crippen LogP contribution in [0.4, 0.5) is 5.13 Å². The molecule has 0 saturated carbocycles. The van der Waals surface area contributed by atoms with Gasteiger partial charge in [-0.05, 0) is 12.1 Å². The van der Waals surface area contributed by atoms with Crippen molar-refractivity contribution < 1.29 is 9.21 Å². The summed E-state index contributed by atoms with van der Waals surface area (Å²) in [6.07, 6.45) is 2.27. The number of benzene rings is 1. The highest BCUT2D eigenvalue weighted by atomic mass is 32.2. The number of hydrogen-bond acceptors (Lipinski definition) is 10. The summed E-state index contributed by atoms with van der Waals surface area (Å²) in [5.41, 5.74) is 0.871. The molecule has 3 heterocycles. The number of amides is 1. The molecule has 4 rings (SSSR count). The summed E-state index contributed by atoms with van der Waals surface area (Å²) in [4.78, 5) is 16.5. The van der Waals surface area contributed by atoms with E-state index in [4.69, 9.17) is 4.42 Å². The zero-order valence-electron chi connectivity index (χ0n) is 14.7. The highest BCUT2D eigenvalue weighted by Gasteiger charge is 2.12. The Morgan fingerprint density at radius 3 is 2.96 bits per heavy atom. The summed E-state index contributed by atoms with van der Waals surface area (Å²) < 4.78 is 8.46. The molecule has 0 radical (unpaired) electrons. The number of hydrogen-bond donors (Lipinski definition) is 1. The van der Waals surface area contributed by atoms with Gasteiger partial charge < -0.3 is 14.3 Å². The third-order valence-electron chi connectivity index (χ3n) is 3.53. The molecule has 4 aromatic rings. The minimum atomic E-state index is -0.165. The Labute approximate surface area is 172 Å². The number of nitrogens with zero attached hydrogens (tertiary/aromatic N) is 6. The molecule has 0 bridgehead atoms. The predicted octanol–water partition coefficient (Wildman–Crippen LogP) is 2.87. The maximum Gasteiger partial charge on any atom is 0.277 e. The normalized spacial score (nSPS) is 11.2. The van der Waals surface area contributed by atoms with Crippen molar-refractivity contribution in [1.29, 1.82) is 0 Å². The largest absolute Gasteiger partial charge is 0.416 e. The van der Waals surface area contributed by atoms with Crippen LogP contribution in [0.5, 0.6) is 0 Å². The maximum absolute atomic E-state index is 12.1. The fraction of sp³-hybridized carbons (Fsp3) is 0.250. The topological polar surface area (TPSA) is 112 Å². The van der Waals surface area contributed by atoms with Gasteiger partial charge in [0.15, 0.2) is 10.3 Å². The van der Waals surface area contributed by atoms with Crippen LogP contribution in [0.1, 0.15) is 5.89 Å². The Hall–Kier alpha value is -2.44. The second kappa shape index (κ2) is 8.71. The van der Waals surface area contributed by atoms with Gasteiger partial charge in [0.25, 0.3) is 5.22 Å². The number of anilines is 1. The number of rotatable bonds is 8. The third-order valence-corrected chi connectivity index (χ3v) is 6.34. The standard InChI is InChI=1S/C16H15N7O2S3/c1-23-9-17-21-15(23)26-7-6-13-20-22-16(25-13)27-8-12(24)19-14-18-10-4-2-3-5-11(10)28-14/h2-5,9H,6-8H2,1H3,(H,18,19,24). The van der Waals surface area contributed by atoms with Crippen molar-refractivity contribution >= 4 is 56.1 Å². The van der Waals surface area contributed by atoms with E-state index in [0.717, 1.165) is 21.1 Å². The van der Waals surface area contributed by atoms with Gasteiger partial charge in [-0.1, -0.05) is 47.0 Å². The van der Waals surface area contributed by atoms with Crippen LogP contribution in [-0.4, -0.2) is 47.4 Å². The second-order valence-electron chi connectivity index (χ2n) is 5.61. The van der Waals surface area contributed by atoms with Gasteiger partial charge in [0.1, 0.15) is 6.33 Å². The van der Waals surface area contributed by atoms with Crippen LogP contribution in [0.25, 0.3) is 10.2 Å². The van der Waals surface area contributed by atoms with Gasteiger partial charge in [-0.2, -0.15) is 0 Å². The number of aromatic nitrogens is 6. The Kier molecular flexibility index (Phi) is 5.88. The smallest absolute Gasteiger partial charge is 0.277 e. The molecule has 1 N–H and O–H groups in total. The fourth-order valence-corrected chi connectivity index (χ4v) is 4.52. The van der Waals surface area contributed by atoms with Crippen LogP contribution in [0.15, 0.2) is 45.4 Å². The number of carbonyl (C=O) groups is 1. The number of fused-ring (bicyclic) bond motifs is 1. The summed E-state index contributed by atoms with van der Waals surface area (Å²) in [5.74, 6) is 1.28. The van der Waals surface area contributed by atoms with Crippen LogP contribution in [-0.2, 0) is 18.3 Å². The van der Waals surface area contributed by atoms with E-state index in [1.807, 2.05) is 35.9 Å². The highest BCUT2D eigenvalue weighted by Crippen LogP contribution is 2.26. The summed E-state index contributed by atoms with van der Waals surface area (Å²) in [6.45, 7) is 0. The van der Waals surface area contributed by atoms with Crippen LogP contribution < -0.4 is 5.32 Å². The van der Waals surface area contributed by atoms with Crippen molar-refractivity contribution in [2.45, 2.75) is 16.8 Å². The summed E-state index contributed by atoms with van der Waals surface area (Å²) >= 11 is 4.21. The molecule has 0 aliphatic carbocycles. The number of para-hydroxylation sites is 1. The van der Waals surface area contributed by atoms with Gasteiger partial charge in [0.05, 0.1) is 16.0 Å². The van der Waals surface area contributed by atoms with Gasteiger partial charge in [0, 0.05) is 19.2 Å². The van der Waals surface area contributed by atoms with Crippen LogP contribution in [0.3, 0.4) is 0 Å². The molecule has 144 valence electrons. The minimum Gasteiger partial charge on any atom is -0.416 e. The van der Waals surface area contributed by atoms with E-state index >= 15 is 0 Å². The first-order valence-corrected chi connectivity index (χ1v) is 11.0. The molecule has 0 aliphatic heterocycles. The average molecular weight is 434 g/mol. The number of thiazole rings is 1. The quantitative estimate of drug-likeness (QED) is 0.419. The van der Waals surface area contributed by atoms with E-state index in [9.17, 15) is 4.79 Å². The molecule has 1 amide bonds. The van der Waals surface area contributed by atoms with Gasteiger partial charge in [-0.25, -0.2) is 4.98 Å². The van der Waals surface area contributed by atoms with Crippen molar-refractivity contribution in [3.8, 4) is 0 Å². The van der Waals surface area contributed by atoms with E-state index in [1.54, 1.807) is 18.1 Å².